The predicted octanol–water partition coefficient (Wildman–Crippen LogP) is 3.48. The van der Waals surface area contributed by atoms with Crippen molar-refractivity contribution in [2.45, 2.75) is 6.92 Å². The summed E-state index contributed by atoms with van der Waals surface area (Å²) in [5.74, 6) is 0.770. The van der Waals surface area contributed by atoms with E-state index in [2.05, 4.69) is 4.98 Å². The highest BCUT2D eigenvalue weighted by atomic mass is 35.5. The number of nitrogens with one attached hydrogen (secondary N) is 1. The van der Waals surface area contributed by atoms with Gasteiger partial charge in [0.05, 0.1) is 12.6 Å². The van der Waals surface area contributed by atoms with Gasteiger partial charge in [-0.15, -0.1) is 23.7 Å². The molecule has 5 heteroatoms. The number of ether oxygens (including phenoxy) is 1. The van der Waals surface area contributed by atoms with Crippen LogP contribution in [-0.4, -0.2) is 12.1 Å². The lowest BCUT2D eigenvalue weighted by Crippen LogP contribution is -2.05. The molecule has 0 unspecified atom stereocenters. The highest BCUT2D eigenvalue weighted by Gasteiger charge is 2.12. The zero-order valence-corrected chi connectivity index (χ0v) is 11.6. The number of para-hydroxylation sites is 1. The number of thiophene rings is 1. The normalized spacial score (nSPS) is 10.6. The smallest absolute Gasteiger partial charge is 0.266 e. The van der Waals surface area contributed by atoms with Crippen molar-refractivity contribution in [3.8, 4) is 5.75 Å². The minimum absolute atomic E-state index is 0. The molecular weight excluding hydrogens is 270 g/mol. The Morgan fingerprint density at radius 3 is 2.83 bits per heavy atom. The molecule has 0 atom stereocenters. The first kappa shape index (κ1) is 12.9. The van der Waals surface area contributed by atoms with Gasteiger partial charge in [-0.2, -0.15) is 0 Å². The molecule has 94 valence electrons. The van der Waals surface area contributed by atoms with Gasteiger partial charge in [0.25, 0.3) is 5.56 Å². The lowest BCUT2D eigenvalue weighted by Gasteiger charge is -2.04. The molecule has 0 saturated carbocycles. The molecule has 0 spiro atoms. The highest BCUT2D eigenvalue weighted by molar-refractivity contribution is 7.17. The van der Waals surface area contributed by atoms with Crippen LogP contribution in [0.15, 0.2) is 28.4 Å². The monoisotopic (exact) mass is 281 g/mol. The molecule has 0 aliphatic rings. The van der Waals surface area contributed by atoms with Crippen LogP contribution in [0, 0.1) is 6.92 Å². The summed E-state index contributed by atoms with van der Waals surface area (Å²) in [7, 11) is 1.63. The molecule has 0 aliphatic heterocycles. The Morgan fingerprint density at radius 1 is 1.33 bits per heavy atom. The molecular formula is C13H12ClNO2S. The van der Waals surface area contributed by atoms with Crippen molar-refractivity contribution in [2.75, 3.05) is 7.11 Å². The Bertz CT molecular complexity index is 776. The molecule has 3 aromatic rings. The van der Waals surface area contributed by atoms with Gasteiger partial charge in [-0.3, -0.25) is 4.79 Å². The fourth-order valence-corrected chi connectivity index (χ4v) is 3.05. The molecule has 3 nitrogen and oxygen atoms in total. The molecule has 1 aromatic carbocycles. The van der Waals surface area contributed by atoms with Gasteiger partial charge in [-0.05, 0) is 12.5 Å². The van der Waals surface area contributed by atoms with Gasteiger partial charge in [-0.25, -0.2) is 0 Å². The predicted molar refractivity (Wildman–Crippen MR) is 78.5 cm³/mol. The van der Waals surface area contributed by atoms with Crippen LogP contribution in [0.4, 0.5) is 0 Å². The van der Waals surface area contributed by atoms with Crippen molar-refractivity contribution in [1.29, 1.82) is 0 Å². The van der Waals surface area contributed by atoms with Crippen molar-refractivity contribution in [3.05, 3.63) is 39.5 Å². The van der Waals surface area contributed by atoms with Crippen LogP contribution in [0.3, 0.4) is 0 Å². The standard InChI is InChI=1S/C13H11NO2S.ClH/c1-7-4-3-5-8-10-9(16-2)6-17-12(10)13(15)14-11(7)8;/h3-6H,1-2H3,(H,14,15);1H. The molecule has 2 aromatic heterocycles. The number of H-pyrrole nitrogens is 1. The number of halogens is 1. The van der Waals surface area contributed by atoms with E-state index >= 15 is 0 Å². The molecule has 1 N–H and O–H groups in total. The van der Waals surface area contributed by atoms with Gasteiger partial charge < -0.3 is 9.72 Å². The Labute approximate surface area is 114 Å². The number of fused-ring (bicyclic) bond motifs is 3. The maximum absolute atomic E-state index is 12.0. The number of rotatable bonds is 1. The number of pyridine rings is 1. The lowest BCUT2D eigenvalue weighted by molar-refractivity contribution is 0.421. The van der Waals surface area contributed by atoms with E-state index in [1.165, 1.54) is 11.3 Å². The topological polar surface area (TPSA) is 42.1 Å². The average molecular weight is 282 g/mol. The van der Waals surface area contributed by atoms with E-state index in [-0.39, 0.29) is 18.0 Å². The number of hydrogen-bond donors (Lipinski definition) is 1. The fourth-order valence-electron chi connectivity index (χ4n) is 2.13. The lowest BCUT2D eigenvalue weighted by atomic mass is 10.1. The number of aromatic amines is 1. The molecule has 0 aliphatic carbocycles. The fraction of sp³-hybridized carbons (Fsp3) is 0.154. The highest BCUT2D eigenvalue weighted by Crippen LogP contribution is 2.35. The Hall–Kier alpha value is -1.52. The van der Waals surface area contributed by atoms with Crippen LogP contribution in [-0.2, 0) is 0 Å². The van der Waals surface area contributed by atoms with Crippen molar-refractivity contribution >= 4 is 44.7 Å². The van der Waals surface area contributed by atoms with Crippen LogP contribution in [0.25, 0.3) is 21.0 Å². The Morgan fingerprint density at radius 2 is 2.11 bits per heavy atom. The van der Waals surface area contributed by atoms with Gasteiger partial charge in [0.2, 0.25) is 0 Å². The van der Waals surface area contributed by atoms with Crippen molar-refractivity contribution in [3.63, 3.8) is 0 Å². The molecule has 0 radical (unpaired) electrons. The minimum atomic E-state index is -0.0462. The average Bonchev–Trinajstić information content (AvgIpc) is 2.75. The third-order valence-electron chi connectivity index (χ3n) is 2.96. The van der Waals surface area contributed by atoms with Crippen molar-refractivity contribution in [1.82, 2.24) is 4.98 Å². The van der Waals surface area contributed by atoms with Crippen LogP contribution in [0.5, 0.6) is 5.75 Å². The van der Waals surface area contributed by atoms with E-state index in [1.54, 1.807) is 7.11 Å². The number of aromatic nitrogens is 1. The number of benzene rings is 1. The first-order valence-electron chi connectivity index (χ1n) is 5.29. The van der Waals surface area contributed by atoms with Crippen LogP contribution in [0.1, 0.15) is 5.56 Å². The summed E-state index contributed by atoms with van der Waals surface area (Å²) >= 11 is 1.42. The van der Waals surface area contributed by atoms with Gasteiger partial charge in [0.1, 0.15) is 10.4 Å². The van der Waals surface area contributed by atoms with Crippen LogP contribution >= 0.6 is 23.7 Å². The first-order chi connectivity index (χ1) is 8.22. The maximum Gasteiger partial charge on any atom is 0.266 e. The zero-order valence-electron chi connectivity index (χ0n) is 9.94. The SMILES string of the molecule is COc1csc2c(=O)[nH]c3c(C)cccc3c12.Cl. The minimum Gasteiger partial charge on any atom is -0.495 e. The van der Waals surface area contributed by atoms with E-state index in [9.17, 15) is 4.79 Å². The van der Waals surface area contributed by atoms with E-state index < -0.39 is 0 Å². The summed E-state index contributed by atoms with van der Waals surface area (Å²) in [4.78, 5) is 14.9. The molecule has 2 heterocycles. The summed E-state index contributed by atoms with van der Waals surface area (Å²) < 4.78 is 6.05. The second kappa shape index (κ2) is 4.63. The second-order valence-corrected chi connectivity index (χ2v) is 4.84. The number of aryl methyl sites for hydroxylation is 1. The largest absolute Gasteiger partial charge is 0.495 e. The van der Waals surface area contributed by atoms with Gasteiger partial charge in [0.15, 0.2) is 0 Å². The Kier molecular flexibility index (Phi) is 3.32. The van der Waals surface area contributed by atoms with Crippen LogP contribution in [0.2, 0.25) is 0 Å². The summed E-state index contributed by atoms with van der Waals surface area (Å²) in [6, 6.07) is 5.99. The number of hydrogen-bond acceptors (Lipinski definition) is 3. The van der Waals surface area contributed by atoms with Gasteiger partial charge in [-0.1, -0.05) is 18.2 Å². The third kappa shape index (κ3) is 1.69. The molecule has 0 fully saturated rings. The molecule has 3 rings (SSSR count). The quantitative estimate of drug-likeness (QED) is 0.742. The zero-order chi connectivity index (χ0) is 12.0. The second-order valence-electron chi connectivity index (χ2n) is 3.96. The van der Waals surface area contributed by atoms with E-state index in [1.807, 2.05) is 30.5 Å². The third-order valence-corrected chi connectivity index (χ3v) is 3.92. The molecule has 0 amide bonds. The summed E-state index contributed by atoms with van der Waals surface area (Å²) in [6.07, 6.45) is 0. The number of methoxy groups -OCH3 is 1. The van der Waals surface area contributed by atoms with Crippen LogP contribution < -0.4 is 10.3 Å². The molecule has 18 heavy (non-hydrogen) atoms. The maximum atomic E-state index is 12.0. The summed E-state index contributed by atoms with van der Waals surface area (Å²) in [5.41, 5.74) is 1.91. The Balaban J connectivity index is 0.00000120. The molecule has 0 saturated heterocycles. The van der Waals surface area contributed by atoms with Gasteiger partial charge in [0, 0.05) is 16.2 Å². The van der Waals surface area contributed by atoms with Crippen molar-refractivity contribution in [2.24, 2.45) is 0 Å². The molecule has 0 bridgehead atoms. The van der Waals surface area contributed by atoms with Crippen molar-refractivity contribution < 1.29 is 4.74 Å². The summed E-state index contributed by atoms with van der Waals surface area (Å²) in [6.45, 7) is 1.99. The van der Waals surface area contributed by atoms with E-state index in [0.29, 0.717) is 0 Å². The van der Waals surface area contributed by atoms with E-state index in [4.69, 9.17) is 4.74 Å². The van der Waals surface area contributed by atoms with Gasteiger partial charge >= 0.3 is 0 Å². The summed E-state index contributed by atoms with van der Waals surface area (Å²) in [5, 5.41) is 3.83. The first-order valence-corrected chi connectivity index (χ1v) is 6.17. The van der Waals surface area contributed by atoms with E-state index in [0.717, 1.165) is 32.3 Å².